The zero-order valence-corrected chi connectivity index (χ0v) is 9.99. The molecule has 1 unspecified atom stereocenters. The van der Waals surface area contributed by atoms with E-state index in [4.69, 9.17) is 5.11 Å². The fourth-order valence-corrected chi connectivity index (χ4v) is 2.34. The van der Waals surface area contributed by atoms with Crippen molar-refractivity contribution in [2.45, 2.75) is 37.3 Å². The Kier molecular flexibility index (Phi) is 3.51. The van der Waals surface area contributed by atoms with Crippen molar-refractivity contribution in [3.8, 4) is 0 Å². The number of rotatable bonds is 4. The first kappa shape index (κ1) is 12.8. The number of nitrogens with one attached hydrogen (secondary N) is 3. The van der Waals surface area contributed by atoms with E-state index in [2.05, 4.69) is 16.0 Å². The topological polar surface area (TPSA) is 108 Å². The van der Waals surface area contributed by atoms with Gasteiger partial charge in [0.15, 0.2) is 0 Å². The smallest absolute Gasteiger partial charge is 0.305 e. The standard InChI is InChI=1S/C11H17N3O4/c15-8-6-12-7(5-13-8)10(18)14-11(2-1-3-11)4-9(16)17/h7,12H,1-6H2,(H,13,15)(H,14,18)(H,16,17). The van der Waals surface area contributed by atoms with Crippen LogP contribution in [0.4, 0.5) is 0 Å². The van der Waals surface area contributed by atoms with Gasteiger partial charge in [-0.2, -0.15) is 0 Å². The van der Waals surface area contributed by atoms with Crippen molar-refractivity contribution in [2.75, 3.05) is 13.1 Å². The maximum Gasteiger partial charge on any atom is 0.305 e. The first-order valence-corrected chi connectivity index (χ1v) is 6.05. The summed E-state index contributed by atoms with van der Waals surface area (Å²) >= 11 is 0. The van der Waals surface area contributed by atoms with Crippen LogP contribution in [0.15, 0.2) is 0 Å². The van der Waals surface area contributed by atoms with Gasteiger partial charge >= 0.3 is 5.97 Å². The molecule has 2 fully saturated rings. The Morgan fingerprint density at radius 3 is 2.61 bits per heavy atom. The van der Waals surface area contributed by atoms with Gasteiger partial charge in [0.05, 0.1) is 18.5 Å². The second kappa shape index (κ2) is 4.93. The second-order valence-electron chi connectivity index (χ2n) is 4.93. The Hall–Kier alpha value is -1.63. The zero-order chi connectivity index (χ0) is 13.2. The van der Waals surface area contributed by atoms with E-state index in [1.54, 1.807) is 0 Å². The third-order valence-electron chi connectivity index (χ3n) is 3.52. The van der Waals surface area contributed by atoms with Gasteiger partial charge in [-0.15, -0.1) is 0 Å². The number of carbonyl (C=O) groups is 3. The Labute approximate surface area is 104 Å². The molecule has 0 radical (unpaired) electrons. The number of hydrogen-bond donors (Lipinski definition) is 4. The lowest BCUT2D eigenvalue weighted by atomic mass is 9.74. The molecule has 0 aromatic heterocycles. The van der Waals surface area contributed by atoms with Gasteiger partial charge in [-0.3, -0.25) is 19.7 Å². The number of carbonyl (C=O) groups excluding carboxylic acids is 2. The van der Waals surface area contributed by atoms with Crippen LogP contribution in [0.2, 0.25) is 0 Å². The summed E-state index contributed by atoms with van der Waals surface area (Å²) in [6.45, 7) is 0.359. The summed E-state index contributed by atoms with van der Waals surface area (Å²) < 4.78 is 0. The first-order valence-electron chi connectivity index (χ1n) is 6.05. The second-order valence-corrected chi connectivity index (χ2v) is 4.93. The van der Waals surface area contributed by atoms with Crippen molar-refractivity contribution in [1.29, 1.82) is 0 Å². The summed E-state index contributed by atoms with van der Waals surface area (Å²) in [6, 6.07) is -0.478. The Morgan fingerprint density at radius 1 is 1.44 bits per heavy atom. The molecule has 0 spiro atoms. The van der Waals surface area contributed by atoms with E-state index >= 15 is 0 Å². The fraction of sp³-hybridized carbons (Fsp3) is 0.727. The van der Waals surface area contributed by atoms with Crippen molar-refractivity contribution in [3.05, 3.63) is 0 Å². The molecular formula is C11H17N3O4. The molecule has 1 atom stereocenters. The minimum absolute atomic E-state index is 0.0438. The molecule has 100 valence electrons. The first-order chi connectivity index (χ1) is 8.51. The van der Waals surface area contributed by atoms with Crippen LogP contribution in [0.1, 0.15) is 25.7 Å². The van der Waals surface area contributed by atoms with Gasteiger partial charge < -0.3 is 15.7 Å². The molecule has 0 bridgehead atoms. The van der Waals surface area contributed by atoms with Gasteiger partial charge in [0.25, 0.3) is 0 Å². The molecule has 18 heavy (non-hydrogen) atoms. The van der Waals surface area contributed by atoms with Crippen LogP contribution in [-0.2, 0) is 14.4 Å². The number of piperazine rings is 1. The van der Waals surface area contributed by atoms with Gasteiger partial charge in [-0.05, 0) is 19.3 Å². The lowest BCUT2D eigenvalue weighted by molar-refractivity contribution is -0.140. The maximum atomic E-state index is 12.0. The quantitative estimate of drug-likeness (QED) is 0.493. The highest BCUT2D eigenvalue weighted by Gasteiger charge is 2.41. The van der Waals surface area contributed by atoms with Crippen LogP contribution in [0, 0.1) is 0 Å². The molecule has 7 heteroatoms. The molecule has 2 aliphatic rings. The predicted molar refractivity (Wildman–Crippen MR) is 61.8 cm³/mol. The predicted octanol–water partition coefficient (Wildman–Crippen LogP) is -1.41. The van der Waals surface area contributed by atoms with E-state index in [9.17, 15) is 14.4 Å². The highest BCUT2D eigenvalue weighted by Crippen LogP contribution is 2.34. The summed E-state index contributed by atoms with van der Waals surface area (Å²) in [6.07, 6.45) is 2.29. The van der Waals surface area contributed by atoms with E-state index in [0.29, 0.717) is 12.8 Å². The summed E-state index contributed by atoms with van der Waals surface area (Å²) in [5.41, 5.74) is -0.591. The van der Waals surface area contributed by atoms with Crippen LogP contribution in [0.3, 0.4) is 0 Å². The third kappa shape index (κ3) is 2.79. The molecule has 4 N–H and O–H groups in total. The van der Waals surface area contributed by atoms with Gasteiger partial charge in [0, 0.05) is 6.54 Å². The normalized spacial score (nSPS) is 25.8. The molecule has 1 aliphatic heterocycles. The van der Waals surface area contributed by atoms with Gasteiger partial charge in [-0.1, -0.05) is 0 Å². The summed E-state index contributed by atoms with van der Waals surface area (Å²) in [4.78, 5) is 33.7. The molecule has 0 aromatic carbocycles. The van der Waals surface area contributed by atoms with Crippen molar-refractivity contribution in [1.82, 2.24) is 16.0 Å². The maximum absolute atomic E-state index is 12.0. The van der Waals surface area contributed by atoms with E-state index < -0.39 is 17.6 Å². The number of carboxylic acids is 1. The number of aliphatic carboxylic acids is 1. The number of carboxylic acid groups (broad SMARTS) is 1. The van der Waals surface area contributed by atoms with Crippen LogP contribution in [0.25, 0.3) is 0 Å². The van der Waals surface area contributed by atoms with Crippen LogP contribution < -0.4 is 16.0 Å². The van der Waals surface area contributed by atoms with Gasteiger partial charge in [0.2, 0.25) is 11.8 Å². The fourth-order valence-electron chi connectivity index (χ4n) is 2.34. The van der Waals surface area contributed by atoms with Gasteiger partial charge in [-0.25, -0.2) is 0 Å². The monoisotopic (exact) mass is 255 g/mol. The number of amides is 2. The highest BCUT2D eigenvalue weighted by atomic mass is 16.4. The molecule has 1 heterocycles. The summed E-state index contributed by atoms with van der Waals surface area (Å²) in [5.74, 6) is -1.28. The van der Waals surface area contributed by atoms with E-state index in [1.165, 1.54) is 0 Å². The van der Waals surface area contributed by atoms with E-state index in [-0.39, 0.29) is 31.3 Å². The average Bonchev–Trinajstić information content (AvgIpc) is 2.26. The van der Waals surface area contributed by atoms with Gasteiger partial charge in [0.1, 0.15) is 6.04 Å². The molecule has 2 rings (SSSR count). The Morgan fingerprint density at radius 2 is 2.17 bits per heavy atom. The molecule has 0 aromatic rings. The lowest BCUT2D eigenvalue weighted by Crippen LogP contribution is -2.63. The highest BCUT2D eigenvalue weighted by molar-refractivity contribution is 5.87. The van der Waals surface area contributed by atoms with E-state index in [0.717, 1.165) is 6.42 Å². The molecule has 1 saturated carbocycles. The average molecular weight is 255 g/mol. The summed E-state index contributed by atoms with van der Waals surface area (Å²) in [5, 5.41) is 17.1. The molecule has 2 amide bonds. The van der Waals surface area contributed by atoms with E-state index in [1.807, 2.05) is 0 Å². The Bertz CT molecular complexity index is 368. The molecule has 7 nitrogen and oxygen atoms in total. The SMILES string of the molecule is O=C(O)CC1(NC(=O)C2CNC(=O)CN2)CCC1. The van der Waals surface area contributed by atoms with Crippen molar-refractivity contribution in [3.63, 3.8) is 0 Å². The van der Waals surface area contributed by atoms with Crippen molar-refractivity contribution < 1.29 is 19.5 Å². The van der Waals surface area contributed by atoms with Crippen molar-refractivity contribution >= 4 is 17.8 Å². The summed E-state index contributed by atoms with van der Waals surface area (Å²) in [7, 11) is 0. The molecule has 1 saturated heterocycles. The lowest BCUT2D eigenvalue weighted by Gasteiger charge is -2.42. The van der Waals surface area contributed by atoms with Crippen LogP contribution in [0.5, 0.6) is 0 Å². The zero-order valence-electron chi connectivity index (χ0n) is 9.99. The van der Waals surface area contributed by atoms with Crippen molar-refractivity contribution in [2.24, 2.45) is 0 Å². The third-order valence-corrected chi connectivity index (χ3v) is 3.52. The minimum Gasteiger partial charge on any atom is -0.481 e. The van der Waals surface area contributed by atoms with Crippen LogP contribution in [-0.4, -0.2) is 47.6 Å². The molecular weight excluding hydrogens is 238 g/mol. The molecule has 1 aliphatic carbocycles. The Balaban J connectivity index is 1.89. The largest absolute Gasteiger partial charge is 0.481 e. The minimum atomic E-state index is -0.903. The number of hydrogen-bond acceptors (Lipinski definition) is 4. The van der Waals surface area contributed by atoms with Crippen LogP contribution >= 0.6 is 0 Å².